The fraction of sp³-hybridized carbons (Fsp3) is 0.0909. The Labute approximate surface area is 117 Å². The highest BCUT2D eigenvalue weighted by Crippen LogP contribution is 2.31. The Morgan fingerprint density at radius 1 is 1.20 bits per heavy atom. The Kier molecular flexibility index (Phi) is 3.98. The lowest BCUT2D eigenvalue weighted by Gasteiger charge is -2.09. The first-order chi connectivity index (χ1) is 9.29. The van der Waals surface area contributed by atoms with Gasteiger partial charge in [0.15, 0.2) is 5.82 Å². The number of nitrogens with zero attached hydrogens (tertiary/aromatic N) is 2. The van der Waals surface area contributed by atoms with E-state index in [2.05, 4.69) is 9.97 Å². The molecular formula is C11H7BClF3N2O2. The van der Waals surface area contributed by atoms with Crippen LogP contribution in [0.2, 0.25) is 5.15 Å². The average Bonchev–Trinajstić information content (AvgIpc) is 2.37. The van der Waals surface area contributed by atoms with Crippen molar-refractivity contribution in [3.63, 3.8) is 0 Å². The molecule has 4 nitrogen and oxygen atoms in total. The molecule has 20 heavy (non-hydrogen) atoms. The smallest absolute Gasteiger partial charge is 0.423 e. The minimum Gasteiger partial charge on any atom is -0.423 e. The number of rotatable bonds is 2. The number of halogens is 4. The first kappa shape index (κ1) is 14.8. The van der Waals surface area contributed by atoms with Crippen LogP contribution in [0, 0.1) is 0 Å². The van der Waals surface area contributed by atoms with Gasteiger partial charge in [0.1, 0.15) is 5.15 Å². The first-order valence-corrected chi connectivity index (χ1v) is 5.73. The largest absolute Gasteiger partial charge is 0.493 e. The summed E-state index contributed by atoms with van der Waals surface area (Å²) in [5, 5.41) is 17.7. The van der Waals surface area contributed by atoms with E-state index in [1.54, 1.807) is 0 Å². The van der Waals surface area contributed by atoms with Gasteiger partial charge in [0, 0.05) is 17.2 Å². The number of aromatic nitrogens is 2. The Balaban J connectivity index is 2.45. The van der Waals surface area contributed by atoms with Crippen molar-refractivity contribution < 1.29 is 23.2 Å². The maximum atomic E-state index is 12.6. The van der Waals surface area contributed by atoms with Crippen LogP contribution in [0.15, 0.2) is 30.5 Å². The predicted molar refractivity (Wildman–Crippen MR) is 67.3 cm³/mol. The van der Waals surface area contributed by atoms with Crippen LogP contribution in [-0.2, 0) is 6.18 Å². The minimum atomic E-state index is -4.47. The SMILES string of the molecule is OB(O)c1cnc(-c2cccc(C(F)(F)F)c2)nc1Cl. The highest BCUT2D eigenvalue weighted by atomic mass is 35.5. The van der Waals surface area contributed by atoms with Crippen molar-refractivity contribution in [2.75, 3.05) is 0 Å². The quantitative estimate of drug-likeness (QED) is 0.652. The fourth-order valence-electron chi connectivity index (χ4n) is 1.52. The third-order valence-corrected chi connectivity index (χ3v) is 2.80. The summed E-state index contributed by atoms with van der Waals surface area (Å²) in [5.74, 6) is -0.0366. The molecule has 0 aliphatic carbocycles. The Bertz CT molecular complexity index is 637. The lowest BCUT2D eigenvalue weighted by Crippen LogP contribution is -2.32. The molecule has 0 aliphatic rings. The van der Waals surface area contributed by atoms with E-state index in [0.29, 0.717) is 0 Å². The van der Waals surface area contributed by atoms with Gasteiger partial charge >= 0.3 is 13.3 Å². The van der Waals surface area contributed by atoms with Gasteiger partial charge in [-0.05, 0) is 12.1 Å². The summed E-state index contributed by atoms with van der Waals surface area (Å²) in [6.07, 6.45) is -3.42. The normalized spacial score (nSPS) is 11.5. The molecule has 2 aromatic rings. The summed E-state index contributed by atoms with van der Waals surface area (Å²) in [6.45, 7) is 0. The average molecular weight is 302 g/mol. The second kappa shape index (κ2) is 5.39. The molecule has 0 aliphatic heterocycles. The van der Waals surface area contributed by atoms with Gasteiger partial charge in [-0.3, -0.25) is 0 Å². The molecule has 0 bridgehead atoms. The zero-order chi connectivity index (χ0) is 14.9. The number of alkyl halides is 3. The molecule has 104 valence electrons. The summed E-state index contributed by atoms with van der Waals surface area (Å²) in [6, 6.07) is 4.44. The molecule has 0 saturated heterocycles. The van der Waals surface area contributed by atoms with Gasteiger partial charge in [-0.2, -0.15) is 13.2 Å². The molecular weight excluding hydrogens is 295 g/mol. The van der Waals surface area contributed by atoms with Gasteiger partial charge in [-0.25, -0.2) is 9.97 Å². The molecule has 1 heterocycles. The van der Waals surface area contributed by atoms with Crippen LogP contribution in [0.25, 0.3) is 11.4 Å². The van der Waals surface area contributed by atoms with E-state index in [0.717, 1.165) is 18.3 Å². The minimum absolute atomic E-state index is 0.0366. The number of hydrogen-bond acceptors (Lipinski definition) is 4. The molecule has 1 aromatic carbocycles. The molecule has 0 atom stereocenters. The van der Waals surface area contributed by atoms with Gasteiger partial charge < -0.3 is 10.0 Å². The summed E-state index contributed by atoms with van der Waals surface area (Å²) < 4.78 is 37.8. The van der Waals surface area contributed by atoms with Crippen LogP contribution in [0.4, 0.5) is 13.2 Å². The van der Waals surface area contributed by atoms with E-state index in [4.69, 9.17) is 21.6 Å². The Hall–Kier alpha value is -1.64. The predicted octanol–water partition coefficient (Wildman–Crippen LogP) is 1.50. The van der Waals surface area contributed by atoms with Gasteiger partial charge in [-0.15, -0.1) is 0 Å². The van der Waals surface area contributed by atoms with Crippen LogP contribution in [0.1, 0.15) is 5.56 Å². The first-order valence-electron chi connectivity index (χ1n) is 5.35. The highest BCUT2D eigenvalue weighted by molar-refractivity contribution is 6.62. The topological polar surface area (TPSA) is 66.2 Å². The van der Waals surface area contributed by atoms with Crippen molar-refractivity contribution in [1.29, 1.82) is 0 Å². The van der Waals surface area contributed by atoms with Crippen LogP contribution in [0.5, 0.6) is 0 Å². The zero-order valence-corrected chi connectivity index (χ0v) is 10.5. The van der Waals surface area contributed by atoms with Gasteiger partial charge in [0.25, 0.3) is 0 Å². The van der Waals surface area contributed by atoms with Crippen molar-refractivity contribution in [3.8, 4) is 11.4 Å². The van der Waals surface area contributed by atoms with Gasteiger partial charge in [-0.1, -0.05) is 23.7 Å². The highest BCUT2D eigenvalue weighted by Gasteiger charge is 2.30. The van der Waals surface area contributed by atoms with Crippen molar-refractivity contribution in [1.82, 2.24) is 9.97 Å². The molecule has 2 N–H and O–H groups in total. The van der Waals surface area contributed by atoms with Crippen LogP contribution in [-0.4, -0.2) is 27.1 Å². The lowest BCUT2D eigenvalue weighted by molar-refractivity contribution is -0.137. The van der Waals surface area contributed by atoms with E-state index in [1.807, 2.05) is 0 Å². The zero-order valence-electron chi connectivity index (χ0n) is 9.76. The third kappa shape index (κ3) is 3.09. The van der Waals surface area contributed by atoms with Crippen LogP contribution in [0.3, 0.4) is 0 Å². The Morgan fingerprint density at radius 2 is 1.90 bits per heavy atom. The molecule has 0 saturated carbocycles. The van der Waals surface area contributed by atoms with Crippen molar-refractivity contribution in [2.45, 2.75) is 6.18 Å². The Morgan fingerprint density at radius 3 is 2.45 bits per heavy atom. The monoisotopic (exact) mass is 302 g/mol. The number of benzene rings is 1. The summed E-state index contributed by atoms with van der Waals surface area (Å²) >= 11 is 5.71. The van der Waals surface area contributed by atoms with E-state index in [-0.39, 0.29) is 22.0 Å². The van der Waals surface area contributed by atoms with Gasteiger partial charge in [0.05, 0.1) is 5.56 Å². The van der Waals surface area contributed by atoms with Crippen molar-refractivity contribution in [3.05, 3.63) is 41.2 Å². The fourth-order valence-corrected chi connectivity index (χ4v) is 1.74. The van der Waals surface area contributed by atoms with Crippen molar-refractivity contribution in [2.24, 2.45) is 0 Å². The summed E-state index contributed by atoms with van der Waals surface area (Å²) in [4.78, 5) is 7.53. The van der Waals surface area contributed by atoms with E-state index in [1.165, 1.54) is 12.1 Å². The lowest BCUT2D eigenvalue weighted by atomic mass is 9.83. The molecule has 0 radical (unpaired) electrons. The standard InChI is InChI=1S/C11H7BClF3N2O2/c13-9-8(12(19)20)5-17-10(18-9)6-2-1-3-7(4-6)11(14,15)16/h1-5,19-20H. The second-order valence-electron chi connectivity index (χ2n) is 3.89. The second-order valence-corrected chi connectivity index (χ2v) is 4.25. The molecule has 0 spiro atoms. The molecule has 9 heteroatoms. The molecule has 2 rings (SSSR count). The van der Waals surface area contributed by atoms with E-state index < -0.39 is 18.9 Å². The van der Waals surface area contributed by atoms with Crippen molar-refractivity contribution >= 4 is 24.2 Å². The number of hydrogen-bond donors (Lipinski definition) is 2. The summed E-state index contributed by atoms with van der Waals surface area (Å²) in [7, 11) is -1.85. The third-order valence-electron chi connectivity index (χ3n) is 2.49. The van der Waals surface area contributed by atoms with Gasteiger partial charge in [0.2, 0.25) is 0 Å². The molecule has 0 fully saturated rings. The van der Waals surface area contributed by atoms with Crippen LogP contribution < -0.4 is 5.46 Å². The molecule has 1 aromatic heterocycles. The van der Waals surface area contributed by atoms with E-state index in [9.17, 15) is 13.2 Å². The molecule has 0 amide bonds. The maximum Gasteiger partial charge on any atom is 0.493 e. The summed E-state index contributed by atoms with van der Waals surface area (Å²) in [5.41, 5.74) is -0.830. The van der Waals surface area contributed by atoms with Crippen LogP contribution >= 0.6 is 11.6 Å². The molecule has 0 unspecified atom stereocenters. The van der Waals surface area contributed by atoms with E-state index >= 15 is 0 Å². The maximum absolute atomic E-state index is 12.6.